The van der Waals surface area contributed by atoms with Crippen molar-refractivity contribution < 1.29 is 28.5 Å². The average molecular weight is 230 g/mol. The first-order chi connectivity index (χ1) is 7.20. The molecule has 16 heavy (non-hydrogen) atoms. The van der Waals surface area contributed by atoms with Gasteiger partial charge >= 0.3 is 11.9 Å². The van der Waals surface area contributed by atoms with Gasteiger partial charge in [0.2, 0.25) is 11.6 Å². The van der Waals surface area contributed by atoms with Gasteiger partial charge in [0.25, 0.3) is 0 Å². The highest BCUT2D eigenvalue weighted by Gasteiger charge is 2.54. The molecule has 0 aromatic heterocycles. The molecule has 2 fully saturated rings. The predicted octanol–water partition coefficient (Wildman–Crippen LogP) is 0.343. The topological polar surface area (TPSA) is 71.1 Å². The fourth-order valence-corrected chi connectivity index (χ4v) is 1.73. The monoisotopic (exact) mass is 230 g/mol. The summed E-state index contributed by atoms with van der Waals surface area (Å²) >= 11 is 0. The molecule has 0 radical (unpaired) electrons. The lowest BCUT2D eigenvalue weighted by molar-refractivity contribution is -0.175. The molecule has 2 aliphatic heterocycles. The molecule has 0 amide bonds. The van der Waals surface area contributed by atoms with Crippen LogP contribution in [0.2, 0.25) is 0 Å². The third-order valence-corrected chi connectivity index (χ3v) is 2.25. The van der Waals surface area contributed by atoms with Crippen molar-refractivity contribution in [3.8, 4) is 0 Å². The van der Waals surface area contributed by atoms with Crippen molar-refractivity contribution in [2.24, 2.45) is 0 Å². The lowest BCUT2D eigenvalue weighted by atomic mass is 10.2. The molecule has 2 rings (SSSR count). The normalized spacial score (nSPS) is 36.0. The van der Waals surface area contributed by atoms with Crippen LogP contribution in [-0.2, 0) is 28.5 Å². The zero-order valence-electron chi connectivity index (χ0n) is 9.60. The molecule has 0 N–H and O–H groups in total. The van der Waals surface area contributed by atoms with E-state index < -0.39 is 35.7 Å². The van der Waals surface area contributed by atoms with E-state index >= 15 is 0 Å². The van der Waals surface area contributed by atoms with Crippen molar-refractivity contribution in [1.29, 1.82) is 0 Å². The Kier molecular flexibility index (Phi) is 2.25. The molecular formula is C10H14O6. The first kappa shape index (κ1) is 11.3. The van der Waals surface area contributed by atoms with Gasteiger partial charge in [-0.05, 0) is 0 Å². The number of esters is 2. The number of hydrogen-bond donors (Lipinski definition) is 0. The fourth-order valence-electron chi connectivity index (χ4n) is 1.73. The largest absolute Gasteiger partial charge is 0.432 e. The van der Waals surface area contributed by atoms with Gasteiger partial charge in [-0.1, -0.05) is 0 Å². The molecule has 0 bridgehead atoms. The van der Waals surface area contributed by atoms with Gasteiger partial charge in [-0.25, -0.2) is 9.59 Å². The van der Waals surface area contributed by atoms with Crippen LogP contribution in [-0.4, -0.2) is 35.7 Å². The Hall–Kier alpha value is -1.14. The minimum atomic E-state index is -1.05. The lowest BCUT2D eigenvalue weighted by Crippen LogP contribution is -2.38. The number of rotatable bonds is 1. The van der Waals surface area contributed by atoms with Crippen LogP contribution in [0.25, 0.3) is 0 Å². The van der Waals surface area contributed by atoms with Crippen molar-refractivity contribution in [2.75, 3.05) is 0 Å². The zero-order valence-corrected chi connectivity index (χ0v) is 9.60. The van der Waals surface area contributed by atoms with Gasteiger partial charge in [0.15, 0.2) is 12.2 Å². The molecule has 2 atom stereocenters. The van der Waals surface area contributed by atoms with Gasteiger partial charge < -0.3 is 18.9 Å². The summed E-state index contributed by atoms with van der Waals surface area (Å²) in [4.78, 5) is 23.0. The smallest absolute Gasteiger partial charge is 0.341 e. The summed E-state index contributed by atoms with van der Waals surface area (Å²) in [5.74, 6) is -3.27. The Morgan fingerprint density at radius 1 is 0.812 bits per heavy atom. The molecule has 2 heterocycles. The van der Waals surface area contributed by atoms with E-state index in [0.29, 0.717) is 0 Å². The summed E-state index contributed by atoms with van der Waals surface area (Å²) in [5, 5.41) is 0. The number of hydrogen-bond acceptors (Lipinski definition) is 6. The van der Waals surface area contributed by atoms with E-state index in [1.54, 1.807) is 27.7 Å². The number of carbonyl (C=O) groups excluding carboxylic acids is 2. The van der Waals surface area contributed by atoms with Gasteiger partial charge in [-0.15, -0.1) is 0 Å². The molecular weight excluding hydrogens is 216 g/mol. The Balaban J connectivity index is 2.15. The van der Waals surface area contributed by atoms with Gasteiger partial charge in [0, 0.05) is 27.7 Å². The Morgan fingerprint density at radius 3 is 1.31 bits per heavy atom. The quantitative estimate of drug-likeness (QED) is 0.605. The van der Waals surface area contributed by atoms with Crippen molar-refractivity contribution in [3.05, 3.63) is 0 Å². The van der Waals surface area contributed by atoms with Crippen LogP contribution >= 0.6 is 0 Å². The maximum Gasteiger partial charge on any atom is 0.341 e. The molecule has 0 spiro atoms. The summed E-state index contributed by atoms with van der Waals surface area (Å²) in [6.07, 6.45) is -2.10. The SMILES string of the molecule is CC1(C)OC(=O)[C@@H]([C@H]2OC(C)(C)OC2=O)O1. The van der Waals surface area contributed by atoms with Crippen LogP contribution in [0.15, 0.2) is 0 Å². The second kappa shape index (κ2) is 3.18. The first-order valence-electron chi connectivity index (χ1n) is 5.02. The number of ether oxygens (including phenoxy) is 4. The van der Waals surface area contributed by atoms with Crippen LogP contribution in [0, 0.1) is 0 Å². The van der Waals surface area contributed by atoms with E-state index in [2.05, 4.69) is 0 Å². The van der Waals surface area contributed by atoms with E-state index in [9.17, 15) is 9.59 Å². The van der Waals surface area contributed by atoms with Gasteiger partial charge in [0.1, 0.15) is 0 Å². The molecule has 0 aromatic carbocycles. The van der Waals surface area contributed by atoms with Crippen molar-refractivity contribution in [2.45, 2.75) is 51.5 Å². The van der Waals surface area contributed by atoms with Gasteiger partial charge in [0.05, 0.1) is 0 Å². The highest BCUT2D eigenvalue weighted by atomic mass is 16.8. The van der Waals surface area contributed by atoms with E-state index in [1.165, 1.54) is 0 Å². The molecule has 6 nitrogen and oxygen atoms in total. The maximum absolute atomic E-state index is 11.5. The number of cyclic esters (lactones) is 2. The minimum absolute atomic E-state index is 0.607. The van der Waals surface area contributed by atoms with Gasteiger partial charge in [-0.3, -0.25) is 0 Å². The fraction of sp³-hybridized carbons (Fsp3) is 0.800. The van der Waals surface area contributed by atoms with Crippen LogP contribution in [0.3, 0.4) is 0 Å². The third-order valence-electron chi connectivity index (χ3n) is 2.25. The van der Waals surface area contributed by atoms with Crippen LogP contribution in [0.4, 0.5) is 0 Å². The summed E-state index contributed by atoms with van der Waals surface area (Å²) < 4.78 is 20.5. The average Bonchev–Trinajstić information content (AvgIpc) is 2.48. The van der Waals surface area contributed by atoms with Crippen molar-refractivity contribution in [1.82, 2.24) is 0 Å². The third kappa shape index (κ3) is 1.90. The molecule has 0 aromatic rings. The molecule has 0 saturated carbocycles. The molecule has 6 heteroatoms. The second-order valence-corrected chi connectivity index (χ2v) is 4.72. The molecule has 2 saturated heterocycles. The zero-order chi connectivity index (χ0) is 12.1. The Labute approximate surface area is 92.8 Å². The van der Waals surface area contributed by atoms with E-state index in [-0.39, 0.29) is 0 Å². The summed E-state index contributed by atoms with van der Waals surface area (Å²) in [6, 6.07) is 0. The van der Waals surface area contributed by atoms with Crippen LogP contribution < -0.4 is 0 Å². The molecule has 2 aliphatic rings. The molecule has 90 valence electrons. The molecule has 0 unspecified atom stereocenters. The van der Waals surface area contributed by atoms with Crippen LogP contribution in [0.5, 0.6) is 0 Å². The highest BCUT2D eigenvalue weighted by Crippen LogP contribution is 2.33. The number of carbonyl (C=O) groups is 2. The van der Waals surface area contributed by atoms with E-state index in [4.69, 9.17) is 18.9 Å². The summed E-state index contributed by atoms with van der Waals surface area (Å²) in [7, 11) is 0. The summed E-state index contributed by atoms with van der Waals surface area (Å²) in [5.41, 5.74) is 0. The Morgan fingerprint density at radius 2 is 1.12 bits per heavy atom. The summed E-state index contributed by atoms with van der Waals surface area (Å²) in [6.45, 7) is 6.37. The lowest BCUT2D eigenvalue weighted by Gasteiger charge is -2.18. The standard InChI is InChI=1S/C10H14O6/c1-9(2)13-5(7(11)15-9)6-8(12)16-10(3,4)14-6/h5-6H,1-4H3/t5-,6-/m1/s1. The second-order valence-electron chi connectivity index (χ2n) is 4.72. The van der Waals surface area contributed by atoms with Crippen LogP contribution in [0.1, 0.15) is 27.7 Å². The van der Waals surface area contributed by atoms with Gasteiger partial charge in [-0.2, -0.15) is 0 Å². The van der Waals surface area contributed by atoms with E-state index in [1.807, 2.05) is 0 Å². The molecule has 0 aliphatic carbocycles. The minimum Gasteiger partial charge on any atom is -0.432 e. The Bertz CT molecular complexity index is 311. The maximum atomic E-state index is 11.5. The predicted molar refractivity (Wildman–Crippen MR) is 50.1 cm³/mol. The van der Waals surface area contributed by atoms with Crippen molar-refractivity contribution in [3.63, 3.8) is 0 Å². The van der Waals surface area contributed by atoms with Crippen molar-refractivity contribution >= 4 is 11.9 Å². The first-order valence-corrected chi connectivity index (χ1v) is 5.02. The van der Waals surface area contributed by atoms with E-state index in [0.717, 1.165) is 0 Å². The highest BCUT2D eigenvalue weighted by molar-refractivity contribution is 5.87.